The molecule has 0 aliphatic rings. The van der Waals surface area contributed by atoms with Crippen molar-refractivity contribution in [1.29, 1.82) is 0 Å². The Morgan fingerprint density at radius 3 is 2.05 bits per heavy atom. The second-order valence-corrected chi connectivity index (χ2v) is 10.2. The van der Waals surface area contributed by atoms with Crippen LogP contribution in [0.2, 0.25) is 0 Å². The maximum atomic E-state index is 13.4. The minimum atomic E-state index is -0.450. The molecule has 0 amide bonds. The third kappa shape index (κ3) is 6.36. The van der Waals surface area contributed by atoms with Crippen LogP contribution in [0.25, 0.3) is 10.9 Å². The van der Waals surface area contributed by atoms with Gasteiger partial charge in [-0.05, 0) is 53.1 Å². The van der Waals surface area contributed by atoms with E-state index in [1.807, 2.05) is 108 Å². The van der Waals surface area contributed by atoms with Crippen LogP contribution in [0.3, 0.4) is 0 Å². The molecule has 0 saturated carbocycles. The molecule has 0 aliphatic heterocycles. The van der Waals surface area contributed by atoms with Crippen molar-refractivity contribution in [2.45, 2.75) is 19.8 Å². The van der Waals surface area contributed by atoms with Crippen LogP contribution < -0.4 is 16.2 Å². The Morgan fingerprint density at radius 2 is 1.35 bits per heavy atom. The van der Waals surface area contributed by atoms with Crippen LogP contribution in [0.15, 0.2) is 103 Å². The number of nitrogens with two attached hydrogens (primary N) is 2. The molecule has 0 radical (unpaired) electrons. The number of nitrogens with zero attached hydrogens (tertiary/aromatic N) is 1. The Bertz CT molecular complexity index is 1710. The topological polar surface area (TPSA) is 92.5 Å². The van der Waals surface area contributed by atoms with Crippen LogP contribution in [0, 0.1) is 0 Å². The molecule has 0 spiro atoms. The van der Waals surface area contributed by atoms with Crippen LogP contribution >= 0.6 is 24.4 Å². The van der Waals surface area contributed by atoms with Gasteiger partial charge in [0.05, 0.1) is 0 Å². The molecule has 1 heterocycles. The average molecular weight is 566 g/mol. The number of hydrogen-bond donors (Lipinski definition) is 2. The first kappa shape index (κ1) is 27.1. The number of thiocarbonyl (C=S) groups is 2. The second-order valence-electron chi connectivity index (χ2n) is 9.32. The van der Waals surface area contributed by atoms with E-state index in [2.05, 4.69) is 0 Å². The third-order valence-electron chi connectivity index (χ3n) is 6.46. The fourth-order valence-corrected chi connectivity index (χ4v) is 4.72. The summed E-state index contributed by atoms with van der Waals surface area (Å²) in [6.45, 7) is 0.948. The van der Waals surface area contributed by atoms with Crippen molar-refractivity contribution < 1.29 is 14.3 Å². The van der Waals surface area contributed by atoms with E-state index in [1.54, 1.807) is 0 Å². The predicted octanol–water partition coefficient (Wildman–Crippen LogP) is 5.89. The summed E-state index contributed by atoms with van der Waals surface area (Å²) in [7, 11) is 0. The van der Waals surface area contributed by atoms with Gasteiger partial charge in [0.25, 0.3) is 0 Å². The summed E-state index contributed by atoms with van der Waals surface area (Å²) < 4.78 is 13.7. The van der Waals surface area contributed by atoms with Crippen LogP contribution in [-0.4, -0.2) is 20.5 Å². The first-order valence-corrected chi connectivity index (χ1v) is 13.4. The van der Waals surface area contributed by atoms with Crippen LogP contribution in [0.1, 0.15) is 38.3 Å². The first-order valence-electron chi connectivity index (χ1n) is 12.6. The standard InChI is InChI=1S/C32H27N3O3S2/c33-30(39)24-10-4-8-22(14-24)18-35-28-13-12-27(37-19-21-6-2-1-3-7-21)16-26(28)17-29(35)32(36)38-20-23-9-5-11-25(15-23)31(34)40/h1-17H,18-20H2,(H2,33,39)(H2,34,40). The Morgan fingerprint density at radius 1 is 0.700 bits per heavy atom. The number of rotatable bonds is 10. The smallest absolute Gasteiger partial charge is 0.355 e. The molecule has 5 aromatic rings. The molecule has 8 heteroatoms. The van der Waals surface area contributed by atoms with Crippen LogP contribution in [0.5, 0.6) is 5.75 Å². The van der Waals surface area contributed by atoms with E-state index in [-0.39, 0.29) is 11.6 Å². The van der Waals surface area contributed by atoms with Gasteiger partial charge in [-0.3, -0.25) is 0 Å². The SMILES string of the molecule is NC(=S)c1cccc(COC(=O)c2cc3cc(OCc4ccccc4)ccc3n2Cc2cccc(C(N)=S)c2)c1. The van der Waals surface area contributed by atoms with E-state index in [1.165, 1.54) is 0 Å². The van der Waals surface area contributed by atoms with Gasteiger partial charge in [-0.2, -0.15) is 0 Å². The van der Waals surface area contributed by atoms with Gasteiger partial charge in [0, 0.05) is 28.6 Å². The highest BCUT2D eigenvalue weighted by Crippen LogP contribution is 2.27. The first-order chi connectivity index (χ1) is 19.4. The zero-order valence-corrected chi connectivity index (χ0v) is 23.2. The number of hydrogen-bond acceptors (Lipinski definition) is 5. The zero-order valence-electron chi connectivity index (χ0n) is 21.6. The fraction of sp³-hybridized carbons (Fsp3) is 0.0938. The molecule has 0 atom stereocenters. The maximum absolute atomic E-state index is 13.4. The summed E-state index contributed by atoms with van der Waals surface area (Å²) in [6.07, 6.45) is 0. The molecule has 4 N–H and O–H groups in total. The Labute approximate surface area is 243 Å². The quantitative estimate of drug-likeness (QED) is 0.161. The lowest BCUT2D eigenvalue weighted by atomic mass is 10.1. The minimum absolute atomic E-state index is 0.0825. The van der Waals surface area contributed by atoms with Crippen molar-refractivity contribution in [3.8, 4) is 5.75 Å². The number of benzene rings is 4. The predicted molar refractivity (Wildman–Crippen MR) is 166 cm³/mol. The normalized spacial score (nSPS) is 10.8. The molecular formula is C32H27N3O3S2. The van der Waals surface area contributed by atoms with E-state index in [9.17, 15) is 4.79 Å². The molecule has 200 valence electrons. The molecular weight excluding hydrogens is 539 g/mol. The van der Waals surface area contributed by atoms with Crippen molar-refractivity contribution in [1.82, 2.24) is 4.57 Å². The van der Waals surface area contributed by atoms with Gasteiger partial charge in [0.1, 0.15) is 34.6 Å². The minimum Gasteiger partial charge on any atom is -0.489 e. The van der Waals surface area contributed by atoms with Crippen LogP contribution in [0.4, 0.5) is 0 Å². The fourth-order valence-electron chi connectivity index (χ4n) is 4.46. The number of ether oxygens (including phenoxy) is 2. The van der Waals surface area contributed by atoms with Gasteiger partial charge in [-0.1, -0.05) is 91.2 Å². The summed E-state index contributed by atoms with van der Waals surface area (Å²) in [5.41, 5.74) is 17.2. The lowest BCUT2D eigenvalue weighted by Gasteiger charge is -2.13. The van der Waals surface area contributed by atoms with E-state index >= 15 is 0 Å². The Kier molecular flexibility index (Phi) is 8.19. The highest BCUT2D eigenvalue weighted by molar-refractivity contribution is 7.80. The molecule has 5 rings (SSSR count). The number of fused-ring (bicyclic) bond motifs is 1. The number of carbonyl (C=O) groups is 1. The van der Waals surface area contributed by atoms with Gasteiger partial charge in [-0.15, -0.1) is 0 Å². The van der Waals surface area contributed by atoms with Crippen molar-refractivity contribution in [2.24, 2.45) is 11.5 Å². The Balaban J connectivity index is 1.45. The van der Waals surface area contributed by atoms with E-state index in [0.717, 1.165) is 38.7 Å². The molecule has 4 aromatic carbocycles. The molecule has 0 bridgehead atoms. The third-order valence-corrected chi connectivity index (χ3v) is 6.94. The summed E-state index contributed by atoms with van der Waals surface area (Å²) in [6, 6.07) is 32.6. The lowest BCUT2D eigenvalue weighted by molar-refractivity contribution is 0.0461. The van der Waals surface area contributed by atoms with E-state index in [4.69, 9.17) is 45.4 Å². The van der Waals surface area contributed by atoms with Crippen molar-refractivity contribution >= 4 is 51.3 Å². The van der Waals surface area contributed by atoms with Crippen molar-refractivity contribution in [2.75, 3.05) is 0 Å². The number of esters is 1. The highest BCUT2D eigenvalue weighted by atomic mass is 32.1. The largest absolute Gasteiger partial charge is 0.489 e. The zero-order chi connectivity index (χ0) is 28.1. The molecule has 0 fully saturated rings. The van der Waals surface area contributed by atoms with Crippen LogP contribution in [-0.2, 0) is 24.5 Å². The monoisotopic (exact) mass is 565 g/mol. The molecule has 6 nitrogen and oxygen atoms in total. The van der Waals surface area contributed by atoms with Gasteiger partial charge in [0.2, 0.25) is 0 Å². The summed E-state index contributed by atoms with van der Waals surface area (Å²) >= 11 is 10.2. The van der Waals surface area contributed by atoms with Gasteiger partial charge in [0.15, 0.2) is 0 Å². The maximum Gasteiger partial charge on any atom is 0.355 e. The molecule has 40 heavy (non-hydrogen) atoms. The summed E-state index contributed by atoms with van der Waals surface area (Å²) in [4.78, 5) is 14.0. The summed E-state index contributed by atoms with van der Waals surface area (Å²) in [5.74, 6) is 0.257. The molecule has 0 saturated heterocycles. The number of aromatic nitrogens is 1. The van der Waals surface area contributed by atoms with Crippen molar-refractivity contribution in [3.05, 3.63) is 137 Å². The second kappa shape index (κ2) is 12.1. The average Bonchev–Trinajstić information content (AvgIpc) is 3.33. The van der Waals surface area contributed by atoms with Gasteiger partial charge >= 0.3 is 5.97 Å². The lowest BCUT2D eigenvalue weighted by Crippen LogP contribution is -2.14. The van der Waals surface area contributed by atoms with Crippen molar-refractivity contribution in [3.63, 3.8) is 0 Å². The van der Waals surface area contributed by atoms with E-state index < -0.39 is 5.97 Å². The molecule has 1 aromatic heterocycles. The van der Waals surface area contributed by atoms with Gasteiger partial charge in [-0.25, -0.2) is 4.79 Å². The highest BCUT2D eigenvalue weighted by Gasteiger charge is 2.19. The summed E-state index contributed by atoms with van der Waals surface area (Å²) in [5, 5.41) is 0.860. The molecule has 0 unspecified atom stereocenters. The number of carbonyl (C=O) groups excluding carboxylic acids is 1. The molecule has 0 aliphatic carbocycles. The van der Waals surface area contributed by atoms with Gasteiger partial charge < -0.3 is 25.5 Å². The Hall–Kier alpha value is -4.53. The van der Waals surface area contributed by atoms with E-state index in [0.29, 0.717) is 29.6 Å².